The van der Waals surface area contributed by atoms with Gasteiger partial charge in [-0.3, -0.25) is 0 Å². The molecule has 29 heavy (non-hydrogen) atoms. The molecule has 1 saturated heterocycles. The zero-order chi connectivity index (χ0) is 20.8. The molecule has 0 aliphatic carbocycles. The predicted molar refractivity (Wildman–Crippen MR) is 104 cm³/mol. The Morgan fingerprint density at radius 3 is 2.83 bits per heavy atom. The average molecular weight is 443 g/mol. The van der Waals surface area contributed by atoms with Crippen LogP contribution in [0.25, 0.3) is 16.8 Å². The molecule has 1 unspecified atom stereocenters. The Kier molecular flexibility index (Phi) is 5.18. The average Bonchev–Trinajstić information content (AvgIpc) is 3.34. The van der Waals surface area contributed by atoms with E-state index < -0.39 is 21.5 Å². The molecule has 0 amide bonds. The molecule has 1 aromatic carbocycles. The first-order valence-corrected chi connectivity index (χ1v) is 10.9. The maximum Gasteiger partial charge on any atom is 0.178 e. The topological polar surface area (TPSA) is 85.6 Å². The van der Waals surface area contributed by atoms with Crippen LogP contribution in [0.15, 0.2) is 29.4 Å². The monoisotopic (exact) mass is 442 g/mol. The van der Waals surface area contributed by atoms with Gasteiger partial charge in [0, 0.05) is 17.7 Å². The lowest BCUT2D eigenvalue weighted by molar-refractivity contribution is 0.195. The minimum Gasteiger partial charge on any atom is -0.379 e. The number of hydrogen-bond donors (Lipinski definition) is 1. The second-order valence-corrected chi connectivity index (χ2v) is 9.32. The lowest BCUT2D eigenvalue weighted by Crippen LogP contribution is -2.20. The molecule has 1 aliphatic heterocycles. The normalized spacial score (nSPS) is 17.2. The van der Waals surface area contributed by atoms with Gasteiger partial charge < -0.3 is 10.1 Å². The molecule has 3 aromatic rings. The zero-order valence-corrected chi connectivity index (χ0v) is 16.9. The molecule has 3 heterocycles. The van der Waals surface area contributed by atoms with Gasteiger partial charge in [0.2, 0.25) is 0 Å². The van der Waals surface area contributed by atoms with Crippen LogP contribution in [-0.4, -0.2) is 48.0 Å². The van der Waals surface area contributed by atoms with E-state index in [4.69, 9.17) is 16.3 Å². The third-order valence-electron chi connectivity index (χ3n) is 4.75. The molecule has 11 heteroatoms. The highest BCUT2D eigenvalue weighted by atomic mass is 35.5. The SMILES string of the molecule is CCS(=O)(=O)c1cc(F)c(F)c(-c2cnn3cc(Cl)c(NC4CCOC4)nc23)c1. The lowest BCUT2D eigenvalue weighted by atomic mass is 10.1. The van der Waals surface area contributed by atoms with Crippen LogP contribution in [0, 0.1) is 11.6 Å². The van der Waals surface area contributed by atoms with E-state index >= 15 is 0 Å². The maximum atomic E-state index is 14.6. The van der Waals surface area contributed by atoms with Crippen LogP contribution in [-0.2, 0) is 14.6 Å². The minimum atomic E-state index is -3.74. The van der Waals surface area contributed by atoms with E-state index in [0.717, 1.165) is 12.5 Å². The first kappa shape index (κ1) is 20.0. The van der Waals surface area contributed by atoms with Crippen LogP contribution < -0.4 is 5.32 Å². The van der Waals surface area contributed by atoms with Crippen molar-refractivity contribution in [3.8, 4) is 11.1 Å². The molecule has 154 valence electrons. The summed E-state index contributed by atoms with van der Waals surface area (Å²) in [6.45, 7) is 2.56. The second kappa shape index (κ2) is 7.51. The number of hydrogen-bond acceptors (Lipinski definition) is 6. The smallest absolute Gasteiger partial charge is 0.178 e. The van der Waals surface area contributed by atoms with Gasteiger partial charge in [0.1, 0.15) is 10.8 Å². The van der Waals surface area contributed by atoms with Gasteiger partial charge in [-0.2, -0.15) is 5.10 Å². The van der Waals surface area contributed by atoms with Crippen molar-refractivity contribution in [1.82, 2.24) is 14.6 Å². The summed E-state index contributed by atoms with van der Waals surface area (Å²) < 4.78 is 59.8. The van der Waals surface area contributed by atoms with E-state index in [-0.39, 0.29) is 33.5 Å². The summed E-state index contributed by atoms with van der Waals surface area (Å²) in [5.41, 5.74) is 0.120. The molecular formula is C18H17ClF2N4O3S. The Bertz CT molecular complexity index is 1190. The highest BCUT2D eigenvalue weighted by molar-refractivity contribution is 7.91. The highest BCUT2D eigenvalue weighted by Gasteiger charge is 2.23. The van der Waals surface area contributed by atoms with Crippen molar-refractivity contribution in [3.63, 3.8) is 0 Å². The summed E-state index contributed by atoms with van der Waals surface area (Å²) in [5.74, 6) is -2.32. The van der Waals surface area contributed by atoms with E-state index in [1.807, 2.05) is 0 Å². The second-order valence-electron chi connectivity index (χ2n) is 6.64. The van der Waals surface area contributed by atoms with E-state index in [1.165, 1.54) is 23.8 Å². The molecule has 1 N–H and O–H groups in total. The van der Waals surface area contributed by atoms with Gasteiger partial charge in [0.25, 0.3) is 0 Å². The minimum absolute atomic E-state index is 0.0287. The summed E-state index contributed by atoms with van der Waals surface area (Å²) in [6, 6.07) is 1.81. The summed E-state index contributed by atoms with van der Waals surface area (Å²) in [4.78, 5) is 4.12. The highest BCUT2D eigenvalue weighted by Crippen LogP contribution is 2.32. The van der Waals surface area contributed by atoms with Gasteiger partial charge in [0.05, 0.1) is 35.7 Å². The standard InChI is InChI=1S/C18H17ClF2N4O3S/c1-2-29(26,27)11-5-12(16(21)15(20)6-11)13-7-22-25-8-14(19)17(24-18(13)25)23-10-3-4-28-9-10/h5-8,10H,2-4,9H2,1H3,(H,23,24). The molecule has 0 radical (unpaired) electrons. The van der Waals surface area contributed by atoms with Crippen molar-refractivity contribution < 1.29 is 21.9 Å². The van der Waals surface area contributed by atoms with Crippen LogP contribution in [0.2, 0.25) is 5.02 Å². The van der Waals surface area contributed by atoms with Gasteiger partial charge in [-0.25, -0.2) is 26.7 Å². The molecule has 1 atom stereocenters. The van der Waals surface area contributed by atoms with Crippen LogP contribution >= 0.6 is 11.6 Å². The number of benzene rings is 1. The number of nitrogens with zero attached hydrogens (tertiary/aromatic N) is 3. The molecular weight excluding hydrogens is 426 g/mol. The fourth-order valence-corrected chi connectivity index (χ4v) is 4.23. The Morgan fingerprint density at radius 2 is 2.14 bits per heavy atom. The third-order valence-corrected chi connectivity index (χ3v) is 6.74. The van der Waals surface area contributed by atoms with Crippen molar-refractivity contribution in [1.29, 1.82) is 0 Å². The van der Waals surface area contributed by atoms with E-state index in [1.54, 1.807) is 0 Å². The van der Waals surface area contributed by atoms with Gasteiger partial charge in [-0.05, 0) is 18.6 Å². The van der Waals surface area contributed by atoms with E-state index in [0.29, 0.717) is 30.1 Å². The summed E-state index contributed by atoms with van der Waals surface area (Å²) >= 11 is 6.26. The summed E-state index contributed by atoms with van der Waals surface area (Å²) in [5, 5.41) is 7.56. The van der Waals surface area contributed by atoms with Crippen LogP contribution in [0.4, 0.5) is 14.6 Å². The Hall–Kier alpha value is -2.30. The Morgan fingerprint density at radius 1 is 1.34 bits per heavy atom. The first-order chi connectivity index (χ1) is 13.8. The maximum absolute atomic E-state index is 14.6. The number of rotatable bonds is 5. The molecule has 0 spiro atoms. The van der Waals surface area contributed by atoms with E-state index in [2.05, 4.69) is 15.4 Å². The van der Waals surface area contributed by atoms with Crippen LogP contribution in [0.1, 0.15) is 13.3 Å². The van der Waals surface area contributed by atoms with Crippen molar-refractivity contribution in [3.05, 3.63) is 41.2 Å². The molecule has 1 fully saturated rings. The molecule has 7 nitrogen and oxygen atoms in total. The van der Waals surface area contributed by atoms with Crippen molar-refractivity contribution >= 4 is 32.9 Å². The van der Waals surface area contributed by atoms with Crippen molar-refractivity contribution in [2.45, 2.75) is 24.3 Å². The first-order valence-electron chi connectivity index (χ1n) is 8.90. The Balaban J connectivity index is 1.86. The van der Waals surface area contributed by atoms with Crippen molar-refractivity contribution in [2.75, 3.05) is 24.3 Å². The fourth-order valence-electron chi connectivity index (χ4n) is 3.13. The Labute approximate surface area is 170 Å². The largest absolute Gasteiger partial charge is 0.379 e. The molecule has 1 aliphatic rings. The predicted octanol–water partition coefficient (Wildman–Crippen LogP) is 3.32. The molecule has 0 bridgehead atoms. The zero-order valence-electron chi connectivity index (χ0n) is 15.3. The van der Waals surface area contributed by atoms with Crippen LogP contribution in [0.3, 0.4) is 0 Å². The van der Waals surface area contributed by atoms with Gasteiger partial charge in [0.15, 0.2) is 27.1 Å². The number of ether oxygens (including phenoxy) is 1. The molecule has 0 saturated carbocycles. The quantitative estimate of drug-likeness (QED) is 0.610. The number of aromatic nitrogens is 3. The molecule has 2 aromatic heterocycles. The van der Waals surface area contributed by atoms with Crippen LogP contribution in [0.5, 0.6) is 0 Å². The van der Waals surface area contributed by atoms with Gasteiger partial charge >= 0.3 is 0 Å². The lowest BCUT2D eigenvalue weighted by Gasteiger charge is -2.13. The number of halogens is 3. The summed E-state index contributed by atoms with van der Waals surface area (Å²) in [6.07, 6.45) is 3.57. The number of fused-ring (bicyclic) bond motifs is 1. The molecule has 4 rings (SSSR count). The fraction of sp³-hybridized carbons (Fsp3) is 0.333. The number of nitrogens with one attached hydrogen (secondary N) is 1. The summed E-state index contributed by atoms with van der Waals surface area (Å²) in [7, 11) is -3.74. The number of sulfone groups is 1. The van der Waals surface area contributed by atoms with Gasteiger partial charge in [-0.15, -0.1) is 0 Å². The third kappa shape index (κ3) is 3.67. The van der Waals surface area contributed by atoms with Crippen molar-refractivity contribution in [2.24, 2.45) is 0 Å². The number of anilines is 1. The van der Waals surface area contributed by atoms with E-state index in [9.17, 15) is 17.2 Å². The van der Waals surface area contributed by atoms with Gasteiger partial charge in [-0.1, -0.05) is 18.5 Å².